The Morgan fingerprint density at radius 2 is 1.89 bits per heavy atom. The first-order chi connectivity index (χ1) is 26.8. The van der Waals surface area contributed by atoms with Crippen molar-refractivity contribution in [1.82, 2.24) is 14.5 Å². The molecule has 2 fully saturated rings. The number of aryl methyl sites for hydroxylation is 1. The van der Waals surface area contributed by atoms with Crippen LogP contribution in [0.3, 0.4) is 0 Å². The third-order valence-corrected chi connectivity index (χ3v) is 14.8. The average molecular weight is 817 g/mol. The number of nitrogens with one attached hydrogen (secondary N) is 1. The largest absolute Gasteiger partial charge is 0.491 e. The lowest BCUT2D eigenvalue weighted by atomic mass is 9.67. The lowest BCUT2D eigenvalue weighted by Crippen LogP contribution is -2.53. The van der Waals surface area contributed by atoms with Gasteiger partial charge in [0.1, 0.15) is 17.6 Å². The Labute approximate surface area is 336 Å². The van der Waals surface area contributed by atoms with Gasteiger partial charge in [0.05, 0.1) is 24.2 Å². The average Bonchev–Trinajstić information content (AvgIpc) is 3.64. The molecule has 0 radical (unpaired) electrons. The Kier molecular flexibility index (Phi) is 14.1. The second-order valence-corrected chi connectivity index (χ2v) is 18.7. The van der Waals surface area contributed by atoms with Crippen LogP contribution in [0, 0.1) is 11.8 Å². The third-order valence-electron chi connectivity index (χ3n) is 12.6. The van der Waals surface area contributed by atoms with E-state index in [1.54, 1.807) is 25.0 Å². The molecule has 5 atom stereocenters. The van der Waals surface area contributed by atoms with E-state index in [1.165, 1.54) is 30.7 Å². The number of halogens is 2. The SMILES string of the molecule is COCCN(CC1CCOCC1)C(=O)[C@H]1/C(F)=C/C[C@H](C)[C@@H](C)S(=O)(=O)NC(=O)c2ccc(c(N)c2)OC[C@]2(CCCc3cc(Cl)ccc32)CC[C@@H]2CCCN21. The van der Waals surface area contributed by atoms with Crippen molar-refractivity contribution in [2.75, 3.05) is 58.9 Å². The van der Waals surface area contributed by atoms with Crippen molar-refractivity contribution in [2.45, 2.75) is 101 Å². The molecule has 11 nitrogen and oxygen atoms in total. The van der Waals surface area contributed by atoms with Crippen LogP contribution in [0.2, 0.25) is 5.02 Å². The highest BCUT2D eigenvalue weighted by Crippen LogP contribution is 2.44. The van der Waals surface area contributed by atoms with E-state index in [-0.39, 0.29) is 35.5 Å². The number of methoxy groups -OCH3 is 1. The minimum Gasteiger partial charge on any atom is -0.491 e. The normalized spacial score (nSPS) is 29.0. The van der Waals surface area contributed by atoms with Gasteiger partial charge in [-0.05, 0) is 131 Å². The second kappa shape index (κ2) is 18.6. The minimum absolute atomic E-state index is 0.0455. The van der Waals surface area contributed by atoms with Crippen LogP contribution in [0.4, 0.5) is 10.1 Å². The maximum absolute atomic E-state index is 17.0. The fourth-order valence-electron chi connectivity index (χ4n) is 9.02. The van der Waals surface area contributed by atoms with Crippen LogP contribution in [-0.2, 0) is 36.1 Å². The van der Waals surface area contributed by atoms with Gasteiger partial charge in [-0.25, -0.2) is 17.5 Å². The van der Waals surface area contributed by atoms with Gasteiger partial charge in [0.2, 0.25) is 15.9 Å². The molecule has 2 aromatic carbocycles. The summed E-state index contributed by atoms with van der Waals surface area (Å²) in [5.74, 6) is -1.69. The number of sulfonamides is 1. The van der Waals surface area contributed by atoms with Gasteiger partial charge in [0.15, 0.2) is 0 Å². The summed E-state index contributed by atoms with van der Waals surface area (Å²) >= 11 is 6.49. The molecule has 308 valence electrons. The molecule has 0 unspecified atom stereocenters. The summed E-state index contributed by atoms with van der Waals surface area (Å²) in [6.07, 6.45) is 8.74. The standard InChI is InChI=1S/C42H58ClFN4O7S/c1-28-8-12-36(44)39(41(50)47(20-23-53-3)26-30-15-21-54-22-16-30)48-19-5-7-34(48)14-18-42(17-4-6-31-24-33(43)10-11-35(31)42)27-55-38-13-9-32(25-37(38)45)40(49)46-56(51,52)29(28)2/h9-13,24-25,28-30,34,39H,4-8,14-23,26-27,45H2,1-3H3,(H,46,49)/b36-12-/t28-,29+,34-,39+,42-/m0/s1. The smallest absolute Gasteiger partial charge is 0.264 e. The first-order valence-corrected chi connectivity index (χ1v) is 22.1. The van der Waals surface area contributed by atoms with Crippen molar-refractivity contribution >= 4 is 39.1 Å². The number of fused-ring (bicyclic) bond motifs is 12. The van der Waals surface area contributed by atoms with Gasteiger partial charge in [-0.1, -0.05) is 30.7 Å². The lowest BCUT2D eigenvalue weighted by molar-refractivity contribution is -0.138. The Morgan fingerprint density at radius 3 is 2.64 bits per heavy atom. The fourth-order valence-corrected chi connectivity index (χ4v) is 10.5. The van der Waals surface area contributed by atoms with Crippen LogP contribution in [0.25, 0.3) is 0 Å². The van der Waals surface area contributed by atoms with Crippen molar-refractivity contribution in [3.05, 3.63) is 70.0 Å². The zero-order valence-electron chi connectivity index (χ0n) is 32.9. The summed E-state index contributed by atoms with van der Waals surface area (Å²) < 4.78 is 63.7. The number of allylic oxidation sites excluding steroid dienone is 1. The van der Waals surface area contributed by atoms with Crippen molar-refractivity contribution in [2.24, 2.45) is 11.8 Å². The van der Waals surface area contributed by atoms with E-state index in [2.05, 4.69) is 10.8 Å². The molecule has 2 bridgehead atoms. The first kappa shape index (κ1) is 42.4. The van der Waals surface area contributed by atoms with Crippen LogP contribution < -0.4 is 15.2 Å². The number of nitrogen functional groups attached to an aromatic ring is 1. The predicted octanol–water partition coefficient (Wildman–Crippen LogP) is 6.43. The Balaban J connectivity index is 1.40. The van der Waals surface area contributed by atoms with E-state index >= 15 is 4.39 Å². The number of carbonyl (C=O) groups is 2. The zero-order chi connectivity index (χ0) is 40.0. The number of rotatable bonds is 6. The molecule has 56 heavy (non-hydrogen) atoms. The predicted molar refractivity (Wildman–Crippen MR) is 216 cm³/mol. The molecule has 2 amide bonds. The number of benzene rings is 2. The van der Waals surface area contributed by atoms with Gasteiger partial charge in [0, 0.05) is 55.5 Å². The molecule has 3 N–H and O–H groups in total. The second-order valence-electron chi connectivity index (χ2n) is 16.3. The monoisotopic (exact) mass is 816 g/mol. The number of anilines is 1. The molecule has 14 heteroatoms. The zero-order valence-corrected chi connectivity index (χ0v) is 34.5. The number of ether oxygens (including phenoxy) is 3. The number of carbonyl (C=O) groups excluding carboxylic acids is 2. The lowest BCUT2D eigenvalue weighted by Gasteiger charge is -2.41. The molecule has 2 aromatic rings. The van der Waals surface area contributed by atoms with Crippen molar-refractivity contribution in [1.29, 1.82) is 0 Å². The third kappa shape index (κ3) is 9.72. The Morgan fingerprint density at radius 1 is 1.11 bits per heavy atom. The topological polar surface area (TPSA) is 140 Å². The Bertz CT molecular complexity index is 1860. The maximum atomic E-state index is 17.0. The highest BCUT2D eigenvalue weighted by atomic mass is 35.5. The van der Waals surface area contributed by atoms with E-state index in [1.807, 2.05) is 17.0 Å². The highest BCUT2D eigenvalue weighted by molar-refractivity contribution is 7.90. The van der Waals surface area contributed by atoms with Crippen molar-refractivity contribution in [3.63, 3.8) is 0 Å². The summed E-state index contributed by atoms with van der Waals surface area (Å²) in [7, 11) is -2.59. The molecule has 1 spiro atoms. The molecule has 0 aromatic heterocycles. The highest BCUT2D eigenvalue weighted by Gasteiger charge is 2.43. The summed E-state index contributed by atoms with van der Waals surface area (Å²) in [6, 6.07) is 9.30. The molecule has 1 aliphatic carbocycles. The summed E-state index contributed by atoms with van der Waals surface area (Å²) in [5, 5.41) is -0.382. The van der Waals surface area contributed by atoms with Crippen molar-refractivity contribution < 1.29 is 36.6 Å². The van der Waals surface area contributed by atoms with Crippen LogP contribution in [0.15, 0.2) is 48.3 Å². The van der Waals surface area contributed by atoms with Crippen LogP contribution in [-0.4, -0.2) is 101 Å². The van der Waals surface area contributed by atoms with Gasteiger partial charge in [-0.15, -0.1) is 0 Å². The van der Waals surface area contributed by atoms with Crippen molar-refractivity contribution in [3.8, 4) is 5.75 Å². The number of nitrogens with zero attached hydrogens (tertiary/aromatic N) is 2. The van der Waals surface area contributed by atoms with E-state index in [9.17, 15) is 18.0 Å². The van der Waals surface area contributed by atoms with Gasteiger partial charge in [0.25, 0.3) is 5.91 Å². The summed E-state index contributed by atoms with van der Waals surface area (Å²) in [6.45, 7) is 6.40. The fraction of sp³-hybridized carbons (Fsp3) is 0.619. The molecular formula is C42H58ClFN4O7S. The van der Waals surface area contributed by atoms with E-state index < -0.39 is 44.4 Å². The quantitative estimate of drug-likeness (QED) is 0.316. The minimum atomic E-state index is -4.18. The molecular weight excluding hydrogens is 759 g/mol. The molecule has 7 rings (SSSR count). The van der Waals surface area contributed by atoms with Gasteiger partial charge >= 0.3 is 0 Å². The van der Waals surface area contributed by atoms with Gasteiger partial charge in [-0.3, -0.25) is 14.5 Å². The van der Waals surface area contributed by atoms with E-state index in [0.29, 0.717) is 63.3 Å². The van der Waals surface area contributed by atoms with Crippen LogP contribution in [0.5, 0.6) is 5.75 Å². The number of hydrogen-bond donors (Lipinski definition) is 2. The molecule has 0 saturated carbocycles. The molecule has 4 aliphatic heterocycles. The van der Waals surface area contributed by atoms with E-state index in [4.69, 9.17) is 31.5 Å². The van der Waals surface area contributed by atoms with Crippen LogP contribution >= 0.6 is 11.6 Å². The maximum Gasteiger partial charge on any atom is 0.264 e. The first-order valence-electron chi connectivity index (χ1n) is 20.2. The molecule has 4 heterocycles. The Hall–Kier alpha value is -3.23. The summed E-state index contributed by atoms with van der Waals surface area (Å²) in [5.41, 5.74) is 8.63. The van der Waals surface area contributed by atoms with Crippen LogP contribution in [0.1, 0.15) is 93.1 Å². The van der Waals surface area contributed by atoms with Gasteiger partial charge < -0.3 is 24.8 Å². The number of hydrogen-bond acceptors (Lipinski definition) is 9. The molecule has 5 aliphatic rings. The molecule has 2 saturated heterocycles. The van der Waals surface area contributed by atoms with Gasteiger partial charge in [-0.2, -0.15) is 0 Å². The number of nitrogens with two attached hydrogens (primary N) is 1. The summed E-state index contributed by atoms with van der Waals surface area (Å²) in [4.78, 5) is 31.9. The van der Waals surface area contributed by atoms with E-state index in [0.717, 1.165) is 56.9 Å². The number of amides is 2.